The molecular weight excluding hydrogens is 364 g/mol. The molecule has 3 heterocycles. The Kier molecular flexibility index (Phi) is 2.90. The number of aryl methyl sites for hydroxylation is 1. The summed E-state index contributed by atoms with van der Waals surface area (Å²) in [5.41, 5.74) is 5.72. The summed E-state index contributed by atoms with van der Waals surface area (Å²) in [5, 5.41) is 23.2. The second-order valence-electron chi connectivity index (χ2n) is 10.2. The van der Waals surface area contributed by atoms with E-state index in [0.29, 0.717) is 12.2 Å². The van der Waals surface area contributed by atoms with Crippen LogP contribution in [0.15, 0.2) is 12.1 Å². The molecule has 0 unspecified atom stereocenters. The highest BCUT2D eigenvalue weighted by atomic mass is 16.5. The number of phenolic OH excluding ortho intramolecular Hbond substituents is 1. The van der Waals surface area contributed by atoms with Gasteiger partial charge in [0.1, 0.15) is 0 Å². The second-order valence-corrected chi connectivity index (χ2v) is 10.2. The third-order valence-electron chi connectivity index (χ3n) is 8.88. The summed E-state index contributed by atoms with van der Waals surface area (Å²) < 4.78 is 6.54. The number of nitrogens with one attached hydrogen (secondary N) is 1. The summed E-state index contributed by atoms with van der Waals surface area (Å²) in [6.07, 6.45) is 4.77. The maximum Gasteiger partial charge on any atom is 0.166 e. The summed E-state index contributed by atoms with van der Waals surface area (Å²) in [6.45, 7) is 6.35. The molecule has 5 aliphatic rings. The Morgan fingerprint density at radius 3 is 2.90 bits per heavy atom. The van der Waals surface area contributed by atoms with Crippen LogP contribution in [0.3, 0.4) is 0 Å². The van der Waals surface area contributed by atoms with Crippen molar-refractivity contribution >= 4 is 0 Å². The molecule has 2 fully saturated rings. The number of phenols is 1. The Bertz CT molecular complexity index is 1070. The molecule has 5 heteroatoms. The van der Waals surface area contributed by atoms with Gasteiger partial charge in [0, 0.05) is 30.3 Å². The summed E-state index contributed by atoms with van der Waals surface area (Å²) in [5.74, 6) is 1.61. The summed E-state index contributed by atoms with van der Waals surface area (Å²) in [7, 11) is 0. The van der Waals surface area contributed by atoms with Crippen LogP contribution in [0.25, 0.3) is 0 Å². The molecule has 2 aromatic rings. The molecule has 29 heavy (non-hydrogen) atoms. The molecule has 1 saturated heterocycles. The van der Waals surface area contributed by atoms with Gasteiger partial charge in [0.15, 0.2) is 17.6 Å². The van der Waals surface area contributed by atoms with E-state index in [1.54, 1.807) is 6.07 Å². The van der Waals surface area contributed by atoms with Crippen LogP contribution in [-0.4, -0.2) is 44.8 Å². The normalized spacial score (nSPS) is 36.5. The standard InChI is InChI=1S/C24H28N2O3/c1-12-13(2)25-20-16(12)10-24(28)18-9-15-5-6-17(27)21-19(15)23(24,22(20)29-21)7-8-26(18)11-14-3-4-14/h5-6,14,18,22,25,27-28H,3-4,7-11H2,1-2H3/t18-,22-,23-,24+/m0/s1. The quantitative estimate of drug-likeness (QED) is 0.735. The van der Waals surface area contributed by atoms with Gasteiger partial charge in [-0.1, -0.05) is 6.07 Å². The van der Waals surface area contributed by atoms with Crippen molar-refractivity contribution in [2.24, 2.45) is 5.92 Å². The van der Waals surface area contributed by atoms with Gasteiger partial charge < -0.3 is 19.9 Å². The first-order chi connectivity index (χ1) is 13.9. The number of benzene rings is 1. The number of fused-ring (bicyclic) bond motifs is 2. The van der Waals surface area contributed by atoms with Crippen LogP contribution < -0.4 is 4.74 Å². The molecule has 7 rings (SSSR count). The van der Waals surface area contributed by atoms with E-state index in [1.165, 1.54) is 29.5 Å². The number of hydrogen-bond donors (Lipinski definition) is 3. The van der Waals surface area contributed by atoms with Crippen LogP contribution in [0, 0.1) is 19.8 Å². The molecule has 4 atom stereocenters. The van der Waals surface area contributed by atoms with E-state index in [2.05, 4.69) is 29.8 Å². The monoisotopic (exact) mass is 392 g/mol. The van der Waals surface area contributed by atoms with Crippen molar-refractivity contribution in [2.45, 2.75) is 69.1 Å². The van der Waals surface area contributed by atoms with Gasteiger partial charge in [0.05, 0.1) is 16.7 Å². The molecular formula is C24H28N2O3. The van der Waals surface area contributed by atoms with E-state index in [1.807, 2.05) is 0 Å². The molecule has 1 spiro atoms. The lowest BCUT2D eigenvalue weighted by Crippen LogP contribution is -2.74. The highest BCUT2D eigenvalue weighted by molar-refractivity contribution is 5.65. The van der Waals surface area contributed by atoms with Crippen LogP contribution in [0.4, 0.5) is 0 Å². The van der Waals surface area contributed by atoms with Crippen molar-refractivity contribution in [1.82, 2.24) is 9.88 Å². The molecule has 0 radical (unpaired) electrons. The number of nitrogens with zero attached hydrogens (tertiary/aromatic N) is 1. The van der Waals surface area contributed by atoms with E-state index < -0.39 is 11.0 Å². The SMILES string of the molecule is Cc1[nH]c2c(c1C)C[C@@]1(O)[C@@H]3Cc4ccc(O)c5c4[C@@]1(CCN3CC1CC1)[C@H]2O5. The number of piperidine rings is 1. The Labute approximate surface area is 170 Å². The van der Waals surface area contributed by atoms with Gasteiger partial charge in [0.2, 0.25) is 0 Å². The number of likely N-dealkylation sites (tertiary alicyclic amines) is 1. The first kappa shape index (κ1) is 16.8. The van der Waals surface area contributed by atoms with Crippen LogP contribution in [0.2, 0.25) is 0 Å². The number of aromatic amines is 1. The largest absolute Gasteiger partial charge is 0.504 e. The van der Waals surface area contributed by atoms with Crippen molar-refractivity contribution in [2.75, 3.05) is 13.1 Å². The highest BCUT2D eigenvalue weighted by Gasteiger charge is 2.72. The van der Waals surface area contributed by atoms with Gasteiger partial charge in [0.25, 0.3) is 0 Å². The summed E-state index contributed by atoms with van der Waals surface area (Å²) >= 11 is 0. The lowest BCUT2D eigenvalue weighted by atomic mass is 9.49. The Morgan fingerprint density at radius 1 is 1.28 bits per heavy atom. The van der Waals surface area contributed by atoms with Crippen LogP contribution in [0.1, 0.15) is 59.0 Å². The van der Waals surface area contributed by atoms with E-state index >= 15 is 0 Å². The van der Waals surface area contributed by atoms with Crippen LogP contribution in [0.5, 0.6) is 11.5 Å². The number of rotatable bonds is 2. The zero-order valence-electron chi connectivity index (χ0n) is 17.1. The number of H-pyrrole nitrogens is 1. The van der Waals surface area contributed by atoms with Crippen LogP contribution >= 0.6 is 0 Å². The average molecular weight is 392 g/mol. The number of ether oxygens (including phenoxy) is 1. The molecule has 3 N–H and O–H groups in total. The third kappa shape index (κ3) is 1.77. The fourth-order valence-corrected chi connectivity index (χ4v) is 7.19. The summed E-state index contributed by atoms with van der Waals surface area (Å²) in [6, 6.07) is 3.95. The van der Waals surface area contributed by atoms with E-state index in [9.17, 15) is 10.2 Å². The lowest BCUT2D eigenvalue weighted by Gasteiger charge is -2.62. The van der Waals surface area contributed by atoms with Crippen molar-refractivity contribution in [1.29, 1.82) is 0 Å². The molecule has 1 aromatic carbocycles. The van der Waals surface area contributed by atoms with Gasteiger partial charge in [-0.05, 0) is 74.8 Å². The maximum absolute atomic E-state index is 12.6. The zero-order chi connectivity index (χ0) is 19.7. The molecule has 152 valence electrons. The predicted octanol–water partition coefficient (Wildman–Crippen LogP) is 3.04. The fourth-order valence-electron chi connectivity index (χ4n) is 7.19. The average Bonchev–Trinajstić information content (AvgIpc) is 3.37. The van der Waals surface area contributed by atoms with Gasteiger partial charge in [-0.2, -0.15) is 0 Å². The number of aliphatic hydroxyl groups is 1. The second kappa shape index (κ2) is 5.01. The molecule has 5 nitrogen and oxygen atoms in total. The Morgan fingerprint density at radius 2 is 2.10 bits per heavy atom. The fraction of sp³-hybridized carbons (Fsp3) is 0.583. The lowest BCUT2D eigenvalue weighted by molar-refractivity contribution is -0.173. The molecule has 0 amide bonds. The minimum absolute atomic E-state index is 0.105. The van der Waals surface area contributed by atoms with E-state index in [4.69, 9.17) is 4.74 Å². The Balaban J connectivity index is 1.51. The zero-order valence-corrected chi connectivity index (χ0v) is 17.1. The Hall–Kier alpha value is -1.98. The highest BCUT2D eigenvalue weighted by Crippen LogP contribution is 2.68. The predicted molar refractivity (Wildman–Crippen MR) is 108 cm³/mol. The van der Waals surface area contributed by atoms with Crippen LogP contribution in [-0.2, 0) is 18.3 Å². The molecule has 2 bridgehead atoms. The minimum Gasteiger partial charge on any atom is -0.504 e. The van der Waals surface area contributed by atoms with E-state index in [-0.39, 0.29) is 17.9 Å². The van der Waals surface area contributed by atoms with Crippen molar-refractivity contribution in [3.8, 4) is 11.5 Å². The first-order valence-electron chi connectivity index (χ1n) is 11.1. The number of aromatic hydroxyl groups is 1. The molecule has 1 aromatic heterocycles. The van der Waals surface area contributed by atoms with Crippen molar-refractivity contribution in [3.63, 3.8) is 0 Å². The van der Waals surface area contributed by atoms with Crippen molar-refractivity contribution in [3.05, 3.63) is 45.8 Å². The maximum atomic E-state index is 12.6. The molecule has 2 aliphatic heterocycles. The van der Waals surface area contributed by atoms with Gasteiger partial charge in [-0.25, -0.2) is 0 Å². The first-order valence-corrected chi connectivity index (χ1v) is 11.1. The summed E-state index contributed by atoms with van der Waals surface area (Å²) in [4.78, 5) is 6.17. The third-order valence-corrected chi connectivity index (χ3v) is 8.88. The van der Waals surface area contributed by atoms with Gasteiger partial charge in [-0.3, -0.25) is 4.90 Å². The number of hydrogen-bond acceptors (Lipinski definition) is 4. The topological polar surface area (TPSA) is 68.7 Å². The van der Waals surface area contributed by atoms with Gasteiger partial charge in [-0.15, -0.1) is 0 Å². The number of aromatic nitrogens is 1. The molecule has 3 aliphatic carbocycles. The minimum atomic E-state index is -0.872. The van der Waals surface area contributed by atoms with E-state index in [0.717, 1.165) is 48.8 Å². The van der Waals surface area contributed by atoms with Gasteiger partial charge >= 0.3 is 0 Å². The smallest absolute Gasteiger partial charge is 0.166 e. The molecule has 1 saturated carbocycles. The van der Waals surface area contributed by atoms with Crippen molar-refractivity contribution < 1.29 is 14.9 Å².